The minimum atomic E-state index is 0.791. The van der Waals surface area contributed by atoms with E-state index in [4.69, 9.17) is 4.42 Å². The van der Waals surface area contributed by atoms with E-state index in [1.807, 2.05) is 7.05 Å². The molecule has 2 rings (SSSR count). The van der Waals surface area contributed by atoms with Gasteiger partial charge in [0.15, 0.2) is 0 Å². The fraction of sp³-hybridized carbons (Fsp3) is 0.385. The van der Waals surface area contributed by atoms with Gasteiger partial charge in [-0.25, -0.2) is 0 Å². The minimum absolute atomic E-state index is 0.791. The molecule has 1 aromatic carbocycles. The maximum absolute atomic E-state index is 5.86. The number of aryl methyl sites for hydroxylation is 3. The molecule has 0 saturated carbocycles. The Morgan fingerprint density at radius 3 is 2.60 bits per heavy atom. The molecule has 1 aromatic heterocycles. The normalized spacial score (nSPS) is 11.2. The van der Waals surface area contributed by atoms with Crippen molar-refractivity contribution in [2.45, 2.75) is 27.3 Å². The lowest BCUT2D eigenvalue weighted by Gasteiger charge is -1.97. The maximum atomic E-state index is 5.86. The third kappa shape index (κ3) is 1.65. The molecule has 15 heavy (non-hydrogen) atoms. The van der Waals surface area contributed by atoms with Crippen LogP contribution in [0.15, 0.2) is 16.5 Å². The van der Waals surface area contributed by atoms with Gasteiger partial charge in [-0.2, -0.15) is 0 Å². The van der Waals surface area contributed by atoms with E-state index in [9.17, 15) is 0 Å². The lowest BCUT2D eigenvalue weighted by molar-refractivity contribution is 0.525. The van der Waals surface area contributed by atoms with Crippen LogP contribution in [0.2, 0.25) is 0 Å². The zero-order chi connectivity index (χ0) is 11.0. The first-order valence-electron chi connectivity index (χ1n) is 5.27. The highest BCUT2D eigenvalue weighted by molar-refractivity contribution is 5.85. The van der Waals surface area contributed by atoms with Gasteiger partial charge >= 0.3 is 0 Å². The van der Waals surface area contributed by atoms with E-state index in [1.54, 1.807) is 0 Å². The molecule has 0 bridgehead atoms. The Morgan fingerprint density at radius 1 is 1.20 bits per heavy atom. The third-order valence-electron chi connectivity index (χ3n) is 2.80. The molecular weight excluding hydrogens is 186 g/mol. The van der Waals surface area contributed by atoms with Crippen molar-refractivity contribution in [3.05, 3.63) is 34.6 Å². The molecular formula is C13H17NO. The fourth-order valence-electron chi connectivity index (χ4n) is 2.05. The van der Waals surface area contributed by atoms with Crippen molar-refractivity contribution in [1.82, 2.24) is 5.32 Å². The minimum Gasteiger partial charge on any atom is -0.459 e. The van der Waals surface area contributed by atoms with Crippen LogP contribution >= 0.6 is 0 Å². The smallest absolute Gasteiger partial charge is 0.137 e. The SMILES string of the molecule is CNCc1oc2c(C)cc(C)cc2c1C. The number of hydrogen-bond acceptors (Lipinski definition) is 2. The van der Waals surface area contributed by atoms with Crippen LogP contribution in [0.25, 0.3) is 11.0 Å². The molecule has 80 valence electrons. The molecule has 0 amide bonds. The Morgan fingerprint density at radius 2 is 1.93 bits per heavy atom. The quantitative estimate of drug-likeness (QED) is 0.811. The number of hydrogen-bond donors (Lipinski definition) is 1. The number of fused-ring (bicyclic) bond motifs is 1. The van der Waals surface area contributed by atoms with E-state index in [-0.39, 0.29) is 0 Å². The molecule has 0 saturated heterocycles. The maximum Gasteiger partial charge on any atom is 0.137 e. The Hall–Kier alpha value is -1.28. The van der Waals surface area contributed by atoms with Crippen molar-refractivity contribution in [2.75, 3.05) is 7.05 Å². The number of benzene rings is 1. The van der Waals surface area contributed by atoms with Crippen LogP contribution in [-0.2, 0) is 6.54 Å². The van der Waals surface area contributed by atoms with Crippen LogP contribution < -0.4 is 5.32 Å². The number of rotatable bonds is 2. The van der Waals surface area contributed by atoms with Gasteiger partial charge in [0.25, 0.3) is 0 Å². The van der Waals surface area contributed by atoms with E-state index in [0.29, 0.717) is 0 Å². The topological polar surface area (TPSA) is 25.2 Å². The molecule has 0 aliphatic heterocycles. The Bertz CT molecular complexity index is 497. The monoisotopic (exact) mass is 203 g/mol. The second-order valence-corrected chi connectivity index (χ2v) is 4.14. The van der Waals surface area contributed by atoms with E-state index in [1.165, 1.54) is 22.1 Å². The van der Waals surface area contributed by atoms with Gasteiger partial charge in [-0.1, -0.05) is 6.07 Å². The highest BCUT2D eigenvalue weighted by Gasteiger charge is 2.11. The van der Waals surface area contributed by atoms with Crippen molar-refractivity contribution >= 4 is 11.0 Å². The summed E-state index contributed by atoms with van der Waals surface area (Å²) in [5, 5.41) is 4.37. The summed E-state index contributed by atoms with van der Waals surface area (Å²) in [7, 11) is 1.94. The van der Waals surface area contributed by atoms with Gasteiger partial charge in [0.1, 0.15) is 11.3 Å². The summed E-state index contributed by atoms with van der Waals surface area (Å²) < 4.78 is 5.86. The second-order valence-electron chi connectivity index (χ2n) is 4.14. The molecule has 0 fully saturated rings. The Kier molecular flexibility index (Phi) is 2.53. The molecule has 0 aliphatic carbocycles. The standard InChI is InChI=1S/C13H17NO/c1-8-5-9(2)13-11(6-8)10(3)12(15-13)7-14-4/h5-6,14H,7H2,1-4H3. The zero-order valence-corrected chi connectivity index (χ0v) is 9.77. The average Bonchev–Trinajstić information content (AvgIpc) is 2.47. The molecule has 0 spiro atoms. The third-order valence-corrected chi connectivity index (χ3v) is 2.80. The van der Waals surface area contributed by atoms with Crippen molar-refractivity contribution < 1.29 is 4.42 Å². The highest BCUT2D eigenvalue weighted by atomic mass is 16.3. The summed E-state index contributed by atoms with van der Waals surface area (Å²) in [5.41, 5.74) is 4.80. The summed E-state index contributed by atoms with van der Waals surface area (Å²) in [6, 6.07) is 4.36. The first-order valence-corrected chi connectivity index (χ1v) is 5.27. The van der Waals surface area contributed by atoms with Crippen LogP contribution in [0.5, 0.6) is 0 Å². The van der Waals surface area contributed by atoms with Crippen molar-refractivity contribution in [1.29, 1.82) is 0 Å². The summed E-state index contributed by atoms with van der Waals surface area (Å²) in [6.45, 7) is 7.13. The number of furan rings is 1. The van der Waals surface area contributed by atoms with E-state index in [0.717, 1.165) is 17.9 Å². The van der Waals surface area contributed by atoms with Crippen LogP contribution in [0.3, 0.4) is 0 Å². The first kappa shape index (κ1) is 10.2. The average molecular weight is 203 g/mol. The fourth-order valence-corrected chi connectivity index (χ4v) is 2.05. The largest absolute Gasteiger partial charge is 0.459 e. The van der Waals surface area contributed by atoms with Gasteiger partial charge in [-0.3, -0.25) is 0 Å². The van der Waals surface area contributed by atoms with Crippen molar-refractivity contribution in [3.63, 3.8) is 0 Å². The predicted molar refractivity (Wildman–Crippen MR) is 63.2 cm³/mol. The lowest BCUT2D eigenvalue weighted by atomic mass is 10.1. The van der Waals surface area contributed by atoms with Gasteiger partial charge in [0.05, 0.1) is 6.54 Å². The van der Waals surface area contributed by atoms with Crippen LogP contribution in [0.4, 0.5) is 0 Å². The van der Waals surface area contributed by atoms with Gasteiger partial charge in [0, 0.05) is 5.39 Å². The number of nitrogens with one attached hydrogen (secondary N) is 1. The summed E-state index contributed by atoms with van der Waals surface area (Å²) in [5.74, 6) is 1.04. The first-order chi connectivity index (χ1) is 7.13. The zero-order valence-electron chi connectivity index (χ0n) is 9.77. The molecule has 2 nitrogen and oxygen atoms in total. The Balaban J connectivity index is 2.70. The van der Waals surface area contributed by atoms with Gasteiger partial charge in [0.2, 0.25) is 0 Å². The second kappa shape index (κ2) is 3.70. The molecule has 1 N–H and O–H groups in total. The van der Waals surface area contributed by atoms with E-state index in [2.05, 4.69) is 38.2 Å². The summed E-state index contributed by atoms with van der Waals surface area (Å²) in [6.07, 6.45) is 0. The van der Waals surface area contributed by atoms with Crippen molar-refractivity contribution in [3.8, 4) is 0 Å². The van der Waals surface area contributed by atoms with Gasteiger partial charge in [-0.15, -0.1) is 0 Å². The molecule has 0 aliphatic rings. The van der Waals surface area contributed by atoms with Crippen LogP contribution in [0.1, 0.15) is 22.5 Å². The van der Waals surface area contributed by atoms with Crippen molar-refractivity contribution in [2.24, 2.45) is 0 Å². The molecule has 0 atom stereocenters. The van der Waals surface area contributed by atoms with Crippen LogP contribution in [-0.4, -0.2) is 7.05 Å². The predicted octanol–water partition coefficient (Wildman–Crippen LogP) is 3.08. The molecule has 0 unspecified atom stereocenters. The Labute approximate surface area is 90.3 Å². The highest BCUT2D eigenvalue weighted by Crippen LogP contribution is 2.28. The molecule has 2 aromatic rings. The van der Waals surface area contributed by atoms with E-state index < -0.39 is 0 Å². The van der Waals surface area contributed by atoms with Gasteiger partial charge < -0.3 is 9.73 Å². The molecule has 0 radical (unpaired) electrons. The summed E-state index contributed by atoms with van der Waals surface area (Å²) >= 11 is 0. The lowest BCUT2D eigenvalue weighted by Crippen LogP contribution is -2.04. The van der Waals surface area contributed by atoms with E-state index >= 15 is 0 Å². The van der Waals surface area contributed by atoms with Crippen LogP contribution in [0, 0.1) is 20.8 Å². The van der Waals surface area contributed by atoms with Gasteiger partial charge in [-0.05, 0) is 50.6 Å². The molecule has 2 heteroatoms. The molecule has 1 heterocycles. The summed E-state index contributed by atoms with van der Waals surface area (Å²) in [4.78, 5) is 0.